The van der Waals surface area contributed by atoms with Crippen molar-refractivity contribution in [2.75, 3.05) is 13.7 Å². The number of aryl methyl sites for hydroxylation is 2. The van der Waals surface area contributed by atoms with E-state index in [0.29, 0.717) is 19.4 Å². The lowest BCUT2D eigenvalue weighted by molar-refractivity contribution is -0.121. The summed E-state index contributed by atoms with van der Waals surface area (Å²) >= 11 is 0. The average Bonchev–Trinajstić information content (AvgIpc) is 2.54. The predicted molar refractivity (Wildman–Crippen MR) is 87.0 cm³/mol. The summed E-state index contributed by atoms with van der Waals surface area (Å²) in [6.45, 7) is 2.67. The van der Waals surface area contributed by atoms with E-state index < -0.39 is 0 Å². The van der Waals surface area contributed by atoms with Crippen molar-refractivity contribution in [2.24, 2.45) is 0 Å². The molecule has 1 amide bonds. The fraction of sp³-hybridized carbons (Fsp3) is 0.333. The summed E-state index contributed by atoms with van der Waals surface area (Å²) in [5.74, 6) is 0.936. The first-order valence-electron chi connectivity index (χ1n) is 7.48. The zero-order valence-corrected chi connectivity index (χ0v) is 13.1. The van der Waals surface area contributed by atoms with Crippen molar-refractivity contribution >= 4 is 5.91 Å². The number of hydrogen-bond acceptors (Lipinski definition) is 3. The van der Waals surface area contributed by atoms with Crippen molar-refractivity contribution in [2.45, 2.75) is 26.2 Å². The Balaban J connectivity index is 1.76. The summed E-state index contributed by atoms with van der Waals surface area (Å²) in [6.07, 6.45) is 5.50. The molecule has 0 fully saturated rings. The third-order valence-electron chi connectivity index (χ3n) is 3.52. The fourth-order valence-electron chi connectivity index (χ4n) is 2.33. The van der Waals surface area contributed by atoms with Crippen LogP contribution in [0.5, 0.6) is 5.75 Å². The molecule has 0 atom stereocenters. The minimum Gasteiger partial charge on any atom is -0.496 e. The smallest absolute Gasteiger partial charge is 0.220 e. The van der Waals surface area contributed by atoms with Crippen molar-refractivity contribution in [3.05, 3.63) is 59.4 Å². The van der Waals surface area contributed by atoms with Gasteiger partial charge < -0.3 is 10.1 Å². The number of benzene rings is 1. The second-order valence-corrected chi connectivity index (χ2v) is 5.28. The number of amides is 1. The van der Waals surface area contributed by atoms with Crippen LogP contribution in [0.1, 0.15) is 23.1 Å². The summed E-state index contributed by atoms with van der Waals surface area (Å²) in [6, 6.07) is 9.96. The Hall–Kier alpha value is -2.36. The highest BCUT2D eigenvalue weighted by Gasteiger charge is 2.05. The normalized spacial score (nSPS) is 10.3. The van der Waals surface area contributed by atoms with Gasteiger partial charge in [0.15, 0.2) is 0 Å². The average molecular weight is 298 g/mol. The molecule has 0 aliphatic heterocycles. The van der Waals surface area contributed by atoms with Gasteiger partial charge in [0.05, 0.1) is 7.11 Å². The first-order chi connectivity index (χ1) is 10.7. The van der Waals surface area contributed by atoms with Gasteiger partial charge in [-0.3, -0.25) is 9.78 Å². The highest BCUT2D eigenvalue weighted by atomic mass is 16.5. The number of carbonyl (C=O) groups excluding carboxylic acids is 1. The molecule has 0 saturated heterocycles. The summed E-state index contributed by atoms with van der Waals surface area (Å²) in [5.41, 5.74) is 3.40. The van der Waals surface area contributed by atoms with Crippen molar-refractivity contribution in [3.8, 4) is 5.75 Å². The Morgan fingerprint density at radius 2 is 2.14 bits per heavy atom. The Bertz CT molecular complexity index is 612. The molecule has 0 unspecified atom stereocenters. The Kier molecular flexibility index (Phi) is 5.95. The largest absolute Gasteiger partial charge is 0.496 e. The third-order valence-corrected chi connectivity index (χ3v) is 3.52. The van der Waals surface area contributed by atoms with Gasteiger partial charge in [0.1, 0.15) is 5.75 Å². The highest BCUT2D eigenvalue weighted by molar-refractivity contribution is 5.76. The molecule has 2 rings (SSSR count). The molecule has 0 aliphatic carbocycles. The van der Waals surface area contributed by atoms with E-state index in [-0.39, 0.29) is 5.91 Å². The highest BCUT2D eigenvalue weighted by Crippen LogP contribution is 2.19. The number of methoxy groups -OCH3 is 1. The first kappa shape index (κ1) is 16.0. The maximum absolute atomic E-state index is 11.9. The lowest BCUT2D eigenvalue weighted by atomic mass is 10.1. The number of nitrogens with zero attached hydrogens (tertiary/aromatic N) is 1. The van der Waals surface area contributed by atoms with Gasteiger partial charge in [-0.15, -0.1) is 0 Å². The van der Waals surface area contributed by atoms with Gasteiger partial charge in [0.25, 0.3) is 0 Å². The van der Waals surface area contributed by atoms with Gasteiger partial charge in [-0.05, 0) is 43.0 Å². The van der Waals surface area contributed by atoms with E-state index >= 15 is 0 Å². The molecule has 1 N–H and O–H groups in total. The van der Waals surface area contributed by atoms with Gasteiger partial charge in [-0.2, -0.15) is 0 Å². The molecule has 4 heteroatoms. The minimum absolute atomic E-state index is 0.0653. The number of nitrogens with one attached hydrogen (secondary N) is 1. The number of carbonyl (C=O) groups is 1. The van der Waals surface area contributed by atoms with E-state index in [1.54, 1.807) is 19.5 Å². The second kappa shape index (κ2) is 8.17. The maximum Gasteiger partial charge on any atom is 0.220 e. The van der Waals surface area contributed by atoms with Crippen LogP contribution in [-0.2, 0) is 17.6 Å². The van der Waals surface area contributed by atoms with Crippen LogP contribution in [0.3, 0.4) is 0 Å². The number of pyridine rings is 1. The zero-order valence-electron chi connectivity index (χ0n) is 13.1. The zero-order chi connectivity index (χ0) is 15.8. The lowest BCUT2D eigenvalue weighted by Crippen LogP contribution is -2.26. The number of hydrogen-bond donors (Lipinski definition) is 1. The van der Waals surface area contributed by atoms with Crippen LogP contribution < -0.4 is 10.1 Å². The quantitative estimate of drug-likeness (QED) is 0.855. The summed E-state index contributed by atoms with van der Waals surface area (Å²) in [5, 5.41) is 2.96. The van der Waals surface area contributed by atoms with Gasteiger partial charge in [-0.25, -0.2) is 0 Å². The molecular formula is C18H22N2O2. The van der Waals surface area contributed by atoms with Gasteiger partial charge in [-0.1, -0.05) is 23.8 Å². The van der Waals surface area contributed by atoms with E-state index in [2.05, 4.69) is 23.3 Å². The molecule has 4 nitrogen and oxygen atoms in total. The molecule has 0 spiro atoms. The standard InChI is InChI=1S/C18H22N2O2/c1-14-5-7-17(22-2)16(12-14)9-11-20-18(21)8-6-15-4-3-10-19-13-15/h3-5,7,10,12-13H,6,8-9,11H2,1-2H3,(H,20,21). The number of aromatic nitrogens is 1. The summed E-state index contributed by atoms with van der Waals surface area (Å²) < 4.78 is 5.34. The number of ether oxygens (including phenoxy) is 1. The molecule has 116 valence electrons. The van der Waals surface area contributed by atoms with Crippen molar-refractivity contribution in [1.82, 2.24) is 10.3 Å². The molecule has 0 aliphatic rings. The van der Waals surface area contributed by atoms with Gasteiger partial charge in [0, 0.05) is 25.4 Å². The molecule has 2 aromatic rings. The van der Waals surface area contributed by atoms with Gasteiger partial charge in [0.2, 0.25) is 5.91 Å². The van der Waals surface area contributed by atoms with E-state index in [9.17, 15) is 4.79 Å². The van der Waals surface area contributed by atoms with Crippen LogP contribution in [0.25, 0.3) is 0 Å². The Morgan fingerprint density at radius 1 is 1.27 bits per heavy atom. The van der Waals surface area contributed by atoms with Gasteiger partial charge >= 0.3 is 0 Å². The monoisotopic (exact) mass is 298 g/mol. The molecule has 0 saturated carbocycles. The predicted octanol–water partition coefficient (Wildman–Crippen LogP) is 2.69. The van der Waals surface area contributed by atoms with Crippen LogP contribution in [0.15, 0.2) is 42.7 Å². The molecular weight excluding hydrogens is 276 g/mol. The van der Waals surface area contributed by atoms with Crippen LogP contribution in [-0.4, -0.2) is 24.5 Å². The van der Waals surface area contributed by atoms with E-state index in [0.717, 1.165) is 23.3 Å². The first-order valence-corrected chi connectivity index (χ1v) is 7.48. The van der Waals surface area contributed by atoms with Crippen molar-refractivity contribution < 1.29 is 9.53 Å². The Morgan fingerprint density at radius 3 is 2.86 bits per heavy atom. The second-order valence-electron chi connectivity index (χ2n) is 5.28. The third kappa shape index (κ3) is 4.88. The van der Waals surface area contributed by atoms with Crippen molar-refractivity contribution in [1.29, 1.82) is 0 Å². The van der Waals surface area contributed by atoms with E-state index in [1.807, 2.05) is 24.3 Å². The van der Waals surface area contributed by atoms with Crippen LogP contribution in [0, 0.1) is 6.92 Å². The van der Waals surface area contributed by atoms with Crippen LogP contribution in [0.4, 0.5) is 0 Å². The number of rotatable bonds is 7. The molecule has 0 radical (unpaired) electrons. The van der Waals surface area contributed by atoms with Crippen LogP contribution >= 0.6 is 0 Å². The molecule has 1 heterocycles. The van der Waals surface area contributed by atoms with Crippen molar-refractivity contribution in [3.63, 3.8) is 0 Å². The SMILES string of the molecule is COc1ccc(C)cc1CCNC(=O)CCc1cccnc1. The minimum atomic E-state index is 0.0653. The van der Waals surface area contributed by atoms with E-state index in [1.165, 1.54) is 5.56 Å². The maximum atomic E-state index is 11.9. The lowest BCUT2D eigenvalue weighted by Gasteiger charge is -2.10. The fourth-order valence-corrected chi connectivity index (χ4v) is 2.33. The summed E-state index contributed by atoms with van der Waals surface area (Å²) in [4.78, 5) is 15.9. The van der Waals surface area contributed by atoms with Crippen LogP contribution in [0.2, 0.25) is 0 Å². The topological polar surface area (TPSA) is 51.2 Å². The molecule has 1 aromatic carbocycles. The molecule has 0 bridgehead atoms. The Labute approximate surface area is 131 Å². The molecule has 1 aromatic heterocycles. The summed E-state index contributed by atoms with van der Waals surface area (Å²) in [7, 11) is 1.67. The van der Waals surface area contributed by atoms with E-state index in [4.69, 9.17) is 4.74 Å². The molecule has 22 heavy (non-hydrogen) atoms.